The first-order chi connectivity index (χ1) is 8.35. The molecule has 0 spiro atoms. The minimum atomic E-state index is 0.116. The Morgan fingerprint density at radius 2 is 1.88 bits per heavy atom. The van der Waals surface area contributed by atoms with Gasteiger partial charge in [0.25, 0.3) is 0 Å². The number of rotatable bonds is 4. The Labute approximate surface area is 103 Å². The van der Waals surface area contributed by atoms with E-state index >= 15 is 0 Å². The fraction of sp³-hybridized carbons (Fsp3) is 0.571. The SMILES string of the molecule is CCc1ccc([C@@H](CO)N2CCOCC2)cc1. The van der Waals surface area contributed by atoms with Gasteiger partial charge in [-0.3, -0.25) is 4.90 Å². The van der Waals surface area contributed by atoms with Gasteiger partial charge in [-0.2, -0.15) is 0 Å². The number of aryl methyl sites for hydroxylation is 1. The summed E-state index contributed by atoms with van der Waals surface area (Å²) >= 11 is 0. The van der Waals surface area contributed by atoms with Gasteiger partial charge in [0.2, 0.25) is 0 Å². The predicted octanol–water partition coefficient (Wildman–Crippen LogP) is 1.61. The molecule has 1 fully saturated rings. The highest BCUT2D eigenvalue weighted by molar-refractivity contribution is 5.25. The molecule has 1 N–H and O–H groups in total. The van der Waals surface area contributed by atoms with Crippen LogP contribution < -0.4 is 0 Å². The molecule has 0 aliphatic carbocycles. The molecule has 1 heterocycles. The first-order valence-corrected chi connectivity index (χ1v) is 6.36. The minimum absolute atomic E-state index is 0.116. The van der Waals surface area contributed by atoms with Crippen LogP contribution in [0.5, 0.6) is 0 Å². The molecule has 0 unspecified atom stereocenters. The lowest BCUT2D eigenvalue weighted by molar-refractivity contribution is 0.00259. The summed E-state index contributed by atoms with van der Waals surface area (Å²) in [6.07, 6.45) is 1.06. The van der Waals surface area contributed by atoms with Crippen LogP contribution in [0, 0.1) is 0 Å². The molecule has 1 aromatic rings. The van der Waals surface area contributed by atoms with Gasteiger partial charge in [0, 0.05) is 13.1 Å². The molecule has 1 atom stereocenters. The summed E-state index contributed by atoms with van der Waals surface area (Å²) in [6.45, 7) is 5.67. The summed E-state index contributed by atoms with van der Waals surface area (Å²) in [5.74, 6) is 0. The highest BCUT2D eigenvalue weighted by atomic mass is 16.5. The third kappa shape index (κ3) is 3.06. The van der Waals surface area contributed by atoms with Gasteiger partial charge in [-0.15, -0.1) is 0 Å². The quantitative estimate of drug-likeness (QED) is 0.860. The highest BCUT2D eigenvalue weighted by Gasteiger charge is 2.21. The molecule has 3 nitrogen and oxygen atoms in total. The number of aliphatic hydroxyl groups excluding tert-OH is 1. The standard InChI is InChI=1S/C14H21NO2/c1-2-12-3-5-13(6-4-12)14(11-16)15-7-9-17-10-8-15/h3-6,14,16H,2,7-11H2,1H3/t14-/m1/s1. The van der Waals surface area contributed by atoms with Gasteiger partial charge in [0.1, 0.15) is 0 Å². The Bertz CT molecular complexity index is 331. The zero-order valence-corrected chi connectivity index (χ0v) is 10.4. The van der Waals surface area contributed by atoms with Crippen molar-refractivity contribution in [3.63, 3.8) is 0 Å². The Hall–Kier alpha value is -0.900. The molecule has 17 heavy (non-hydrogen) atoms. The van der Waals surface area contributed by atoms with Gasteiger partial charge in [-0.25, -0.2) is 0 Å². The fourth-order valence-electron chi connectivity index (χ4n) is 2.30. The zero-order chi connectivity index (χ0) is 12.1. The first kappa shape index (κ1) is 12.6. The van der Waals surface area contributed by atoms with Crippen molar-refractivity contribution in [1.29, 1.82) is 0 Å². The average Bonchev–Trinajstić information content (AvgIpc) is 2.42. The highest BCUT2D eigenvalue weighted by Crippen LogP contribution is 2.21. The monoisotopic (exact) mass is 235 g/mol. The summed E-state index contributed by atoms with van der Waals surface area (Å²) < 4.78 is 5.34. The molecule has 0 bridgehead atoms. The molecule has 1 aliphatic rings. The lowest BCUT2D eigenvalue weighted by atomic mass is 10.0. The van der Waals surface area contributed by atoms with Gasteiger partial charge in [0.15, 0.2) is 0 Å². The van der Waals surface area contributed by atoms with Gasteiger partial charge < -0.3 is 9.84 Å². The summed E-state index contributed by atoms with van der Waals surface area (Å²) in [6, 6.07) is 8.69. The number of aliphatic hydroxyl groups is 1. The van der Waals surface area contributed by atoms with Crippen LogP contribution in [0.3, 0.4) is 0 Å². The van der Waals surface area contributed by atoms with E-state index in [1.54, 1.807) is 0 Å². The number of hydrogen-bond donors (Lipinski definition) is 1. The van der Waals surface area contributed by atoms with Crippen molar-refractivity contribution in [1.82, 2.24) is 4.90 Å². The van der Waals surface area contributed by atoms with Crippen LogP contribution in [0.1, 0.15) is 24.1 Å². The van der Waals surface area contributed by atoms with Crippen molar-refractivity contribution < 1.29 is 9.84 Å². The van der Waals surface area contributed by atoms with Crippen LogP contribution in [-0.2, 0) is 11.2 Å². The van der Waals surface area contributed by atoms with Gasteiger partial charge in [-0.1, -0.05) is 31.2 Å². The van der Waals surface area contributed by atoms with E-state index in [-0.39, 0.29) is 12.6 Å². The normalized spacial score (nSPS) is 19.2. The van der Waals surface area contributed by atoms with E-state index < -0.39 is 0 Å². The van der Waals surface area contributed by atoms with Crippen molar-refractivity contribution >= 4 is 0 Å². The second-order valence-corrected chi connectivity index (χ2v) is 4.44. The number of benzene rings is 1. The molecular formula is C14H21NO2. The van der Waals surface area contributed by atoms with Crippen LogP contribution >= 0.6 is 0 Å². The smallest absolute Gasteiger partial charge is 0.0628 e. The molecule has 1 aliphatic heterocycles. The number of ether oxygens (including phenoxy) is 1. The molecule has 0 radical (unpaired) electrons. The van der Waals surface area contributed by atoms with Crippen LogP contribution in [0.2, 0.25) is 0 Å². The molecule has 0 saturated carbocycles. The second kappa shape index (κ2) is 6.15. The van der Waals surface area contributed by atoms with Crippen molar-refractivity contribution in [2.75, 3.05) is 32.9 Å². The average molecular weight is 235 g/mol. The molecule has 0 amide bonds. The van der Waals surface area contributed by atoms with Gasteiger partial charge >= 0.3 is 0 Å². The number of hydrogen-bond acceptors (Lipinski definition) is 3. The van der Waals surface area contributed by atoms with E-state index in [1.807, 2.05) is 0 Å². The second-order valence-electron chi connectivity index (χ2n) is 4.44. The molecule has 1 saturated heterocycles. The molecular weight excluding hydrogens is 214 g/mol. The summed E-state index contributed by atoms with van der Waals surface area (Å²) in [5, 5.41) is 9.58. The molecule has 94 valence electrons. The molecule has 2 rings (SSSR count). The van der Waals surface area contributed by atoms with E-state index in [4.69, 9.17) is 4.74 Å². The summed E-state index contributed by atoms with van der Waals surface area (Å²) in [4.78, 5) is 2.30. The van der Waals surface area contributed by atoms with Crippen molar-refractivity contribution in [3.05, 3.63) is 35.4 Å². The Morgan fingerprint density at radius 3 is 2.41 bits per heavy atom. The summed E-state index contributed by atoms with van der Waals surface area (Å²) in [7, 11) is 0. The molecule has 0 aromatic heterocycles. The third-order valence-corrected chi connectivity index (χ3v) is 3.43. The van der Waals surface area contributed by atoms with Crippen LogP contribution in [0.15, 0.2) is 24.3 Å². The maximum absolute atomic E-state index is 9.58. The Balaban J connectivity index is 2.10. The van der Waals surface area contributed by atoms with Crippen LogP contribution in [-0.4, -0.2) is 42.9 Å². The van der Waals surface area contributed by atoms with E-state index in [0.29, 0.717) is 0 Å². The Kier molecular flexibility index (Phi) is 4.54. The largest absolute Gasteiger partial charge is 0.394 e. The lowest BCUT2D eigenvalue weighted by Gasteiger charge is -2.33. The van der Waals surface area contributed by atoms with Gasteiger partial charge in [0.05, 0.1) is 25.9 Å². The topological polar surface area (TPSA) is 32.7 Å². The Morgan fingerprint density at radius 1 is 1.24 bits per heavy atom. The maximum Gasteiger partial charge on any atom is 0.0628 e. The predicted molar refractivity (Wildman–Crippen MR) is 68.0 cm³/mol. The van der Waals surface area contributed by atoms with Gasteiger partial charge in [-0.05, 0) is 17.5 Å². The van der Waals surface area contributed by atoms with E-state index in [9.17, 15) is 5.11 Å². The molecule has 1 aromatic carbocycles. The van der Waals surface area contributed by atoms with Crippen LogP contribution in [0.25, 0.3) is 0 Å². The van der Waals surface area contributed by atoms with E-state index in [2.05, 4.69) is 36.1 Å². The van der Waals surface area contributed by atoms with Crippen molar-refractivity contribution in [2.24, 2.45) is 0 Å². The minimum Gasteiger partial charge on any atom is -0.394 e. The summed E-state index contributed by atoms with van der Waals surface area (Å²) in [5.41, 5.74) is 2.54. The first-order valence-electron chi connectivity index (χ1n) is 6.36. The van der Waals surface area contributed by atoms with Crippen molar-refractivity contribution in [3.8, 4) is 0 Å². The maximum atomic E-state index is 9.58. The third-order valence-electron chi connectivity index (χ3n) is 3.43. The number of morpholine rings is 1. The van der Waals surface area contributed by atoms with Crippen molar-refractivity contribution in [2.45, 2.75) is 19.4 Å². The lowest BCUT2D eigenvalue weighted by Crippen LogP contribution is -2.40. The zero-order valence-electron chi connectivity index (χ0n) is 10.4. The van der Waals surface area contributed by atoms with E-state index in [1.165, 1.54) is 11.1 Å². The number of nitrogens with zero attached hydrogens (tertiary/aromatic N) is 1. The fourth-order valence-corrected chi connectivity index (χ4v) is 2.30. The van der Waals surface area contributed by atoms with Crippen LogP contribution in [0.4, 0.5) is 0 Å². The van der Waals surface area contributed by atoms with E-state index in [0.717, 1.165) is 32.7 Å². The molecule has 3 heteroatoms.